The molecule has 0 aliphatic rings. The van der Waals surface area contributed by atoms with Crippen LogP contribution in [0.3, 0.4) is 0 Å². The predicted molar refractivity (Wildman–Crippen MR) is 91.0 cm³/mol. The lowest BCUT2D eigenvalue weighted by Crippen LogP contribution is -2.42. The monoisotopic (exact) mass is 341 g/mol. The number of carbonyl (C=O) groups excluding carboxylic acids is 2. The van der Waals surface area contributed by atoms with Crippen molar-refractivity contribution in [2.75, 3.05) is 0 Å². The normalized spacial score (nSPS) is 11.4. The van der Waals surface area contributed by atoms with E-state index in [0.717, 1.165) is 11.1 Å². The molecule has 0 spiro atoms. The molecule has 1 amide bonds. The molecule has 1 unspecified atom stereocenters. The van der Waals surface area contributed by atoms with Crippen LogP contribution < -0.4 is 5.32 Å². The smallest absolute Gasteiger partial charge is 0.408 e. The number of Topliss-reactive ketones (excluding diaryl/α,β-unsaturated/α-hetero) is 1. The highest BCUT2D eigenvalue weighted by Crippen LogP contribution is 2.05. The van der Waals surface area contributed by atoms with E-state index in [-0.39, 0.29) is 25.2 Å². The highest BCUT2D eigenvalue weighted by atomic mass is 16.5. The third-order valence-corrected chi connectivity index (χ3v) is 3.48. The highest BCUT2D eigenvalue weighted by molar-refractivity contribution is 5.89. The molecule has 0 heterocycles. The Hall–Kier alpha value is -3.15. The third-order valence-electron chi connectivity index (χ3n) is 3.48. The second-order valence-corrected chi connectivity index (χ2v) is 5.50. The summed E-state index contributed by atoms with van der Waals surface area (Å²) in [4.78, 5) is 35.1. The van der Waals surface area contributed by atoms with E-state index in [4.69, 9.17) is 4.74 Å². The van der Waals surface area contributed by atoms with E-state index in [1.165, 1.54) is 0 Å². The first-order chi connectivity index (χ1) is 12.0. The van der Waals surface area contributed by atoms with Crippen LogP contribution in [0, 0.1) is 0 Å². The molecule has 25 heavy (non-hydrogen) atoms. The van der Waals surface area contributed by atoms with Crippen molar-refractivity contribution < 1.29 is 24.2 Å². The molecule has 6 nitrogen and oxygen atoms in total. The Kier molecular flexibility index (Phi) is 6.71. The Labute approximate surface area is 145 Å². The Morgan fingerprint density at radius 2 is 1.48 bits per heavy atom. The van der Waals surface area contributed by atoms with Crippen LogP contribution in [0.15, 0.2) is 60.7 Å². The molecule has 1 atom stereocenters. The molecule has 6 heteroatoms. The summed E-state index contributed by atoms with van der Waals surface area (Å²) in [5.74, 6) is -1.56. The van der Waals surface area contributed by atoms with Crippen molar-refractivity contribution in [3.63, 3.8) is 0 Å². The quantitative estimate of drug-likeness (QED) is 0.770. The average molecular weight is 341 g/mol. The number of benzene rings is 2. The van der Waals surface area contributed by atoms with E-state index in [9.17, 15) is 19.5 Å². The number of ketones is 1. The number of ether oxygens (including phenoxy) is 1. The summed E-state index contributed by atoms with van der Waals surface area (Å²) in [7, 11) is 0. The zero-order valence-electron chi connectivity index (χ0n) is 13.6. The van der Waals surface area contributed by atoms with Crippen LogP contribution in [0.2, 0.25) is 0 Å². The maximum Gasteiger partial charge on any atom is 0.408 e. The fraction of sp³-hybridized carbons (Fsp3) is 0.211. The van der Waals surface area contributed by atoms with E-state index in [2.05, 4.69) is 5.32 Å². The van der Waals surface area contributed by atoms with E-state index < -0.39 is 18.1 Å². The van der Waals surface area contributed by atoms with Crippen molar-refractivity contribution in [1.82, 2.24) is 5.32 Å². The van der Waals surface area contributed by atoms with Gasteiger partial charge in [-0.1, -0.05) is 60.7 Å². The number of alkyl carbamates (subject to hydrolysis) is 1. The molecular weight excluding hydrogens is 322 g/mol. The Balaban J connectivity index is 1.84. The first-order valence-corrected chi connectivity index (χ1v) is 7.80. The van der Waals surface area contributed by atoms with Crippen LogP contribution in [0.1, 0.15) is 17.5 Å². The van der Waals surface area contributed by atoms with Gasteiger partial charge in [0.25, 0.3) is 0 Å². The molecule has 0 aliphatic carbocycles. The number of aliphatic carboxylic acids is 1. The largest absolute Gasteiger partial charge is 0.480 e. The summed E-state index contributed by atoms with van der Waals surface area (Å²) in [6.45, 7) is 0.0248. The summed E-state index contributed by atoms with van der Waals surface area (Å²) in [5.41, 5.74) is 1.58. The lowest BCUT2D eigenvalue weighted by Gasteiger charge is -2.14. The topological polar surface area (TPSA) is 92.7 Å². The van der Waals surface area contributed by atoms with Crippen molar-refractivity contribution in [2.24, 2.45) is 0 Å². The second-order valence-electron chi connectivity index (χ2n) is 5.50. The van der Waals surface area contributed by atoms with Gasteiger partial charge in [-0.2, -0.15) is 0 Å². The fourth-order valence-electron chi connectivity index (χ4n) is 2.23. The van der Waals surface area contributed by atoms with Gasteiger partial charge in [-0.25, -0.2) is 9.59 Å². The number of rotatable bonds is 8. The molecule has 0 radical (unpaired) electrons. The summed E-state index contributed by atoms with van der Waals surface area (Å²) in [6.07, 6.45) is -1.06. The summed E-state index contributed by atoms with van der Waals surface area (Å²) < 4.78 is 4.98. The molecule has 0 aliphatic heterocycles. The number of carboxylic acids is 1. The fourth-order valence-corrected chi connectivity index (χ4v) is 2.23. The van der Waals surface area contributed by atoms with Crippen molar-refractivity contribution in [3.05, 3.63) is 71.8 Å². The van der Waals surface area contributed by atoms with Crippen molar-refractivity contribution in [2.45, 2.75) is 25.5 Å². The number of hydrogen-bond donors (Lipinski definition) is 2. The maximum absolute atomic E-state index is 12.0. The van der Waals surface area contributed by atoms with Crippen molar-refractivity contribution in [3.8, 4) is 0 Å². The zero-order valence-corrected chi connectivity index (χ0v) is 13.6. The number of hydrogen-bond acceptors (Lipinski definition) is 4. The number of carboxylic acid groups (broad SMARTS) is 1. The second kappa shape index (κ2) is 9.22. The minimum atomic E-state index is -1.32. The zero-order chi connectivity index (χ0) is 18.1. The summed E-state index contributed by atoms with van der Waals surface area (Å²) >= 11 is 0. The number of amides is 1. The number of carbonyl (C=O) groups is 3. The molecule has 130 valence electrons. The van der Waals surface area contributed by atoms with Gasteiger partial charge in [0.2, 0.25) is 0 Å². The van der Waals surface area contributed by atoms with Gasteiger partial charge in [0, 0.05) is 12.8 Å². The number of nitrogens with one attached hydrogen (secondary N) is 1. The van der Waals surface area contributed by atoms with Crippen LogP contribution in [-0.4, -0.2) is 29.0 Å². The van der Waals surface area contributed by atoms with Gasteiger partial charge in [-0.3, -0.25) is 4.79 Å². The van der Waals surface area contributed by atoms with E-state index in [1.54, 1.807) is 48.5 Å². The minimum absolute atomic E-state index is 0.0248. The molecule has 0 fully saturated rings. The van der Waals surface area contributed by atoms with E-state index in [0.29, 0.717) is 0 Å². The Bertz CT molecular complexity index is 715. The van der Waals surface area contributed by atoms with Gasteiger partial charge in [-0.15, -0.1) is 0 Å². The van der Waals surface area contributed by atoms with Gasteiger partial charge in [0.05, 0.1) is 0 Å². The predicted octanol–water partition coefficient (Wildman–Crippen LogP) is 2.57. The van der Waals surface area contributed by atoms with E-state index >= 15 is 0 Å². The summed E-state index contributed by atoms with van der Waals surface area (Å²) in [6, 6.07) is 16.7. The van der Waals surface area contributed by atoms with Crippen molar-refractivity contribution in [1.29, 1.82) is 0 Å². The molecule has 0 aromatic heterocycles. The third kappa shape index (κ3) is 6.47. The van der Waals surface area contributed by atoms with Gasteiger partial charge < -0.3 is 15.2 Å². The first-order valence-electron chi connectivity index (χ1n) is 7.80. The van der Waals surface area contributed by atoms with Crippen LogP contribution in [0.4, 0.5) is 4.79 Å². The standard InChI is InChI=1S/C19H19NO5/c21-16(11-14-7-3-1-4-8-14)12-17(18(22)23)20-19(24)25-13-15-9-5-2-6-10-15/h1-10,17H,11-13H2,(H,20,24)(H,22,23). The molecule has 2 rings (SSSR count). The highest BCUT2D eigenvalue weighted by Gasteiger charge is 2.24. The molecule has 2 N–H and O–H groups in total. The van der Waals surface area contributed by atoms with Gasteiger partial charge in [0.1, 0.15) is 18.4 Å². The van der Waals surface area contributed by atoms with Crippen LogP contribution in [0.25, 0.3) is 0 Å². The molecule has 0 saturated heterocycles. The SMILES string of the molecule is O=C(Cc1ccccc1)CC(NC(=O)OCc1ccccc1)C(=O)O. The summed E-state index contributed by atoms with van der Waals surface area (Å²) in [5, 5.41) is 11.4. The Morgan fingerprint density at radius 1 is 0.920 bits per heavy atom. The Morgan fingerprint density at radius 3 is 2.04 bits per heavy atom. The lowest BCUT2D eigenvalue weighted by atomic mass is 10.0. The van der Waals surface area contributed by atoms with Crippen LogP contribution in [0.5, 0.6) is 0 Å². The molecule has 0 bridgehead atoms. The molecule has 2 aromatic carbocycles. The average Bonchev–Trinajstić information content (AvgIpc) is 2.61. The maximum atomic E-state index is 12.0. The van der Waals surface area contributed by atoms with Gasteiger partial charge in [0.15, 0.2) is 0 Å². The van der Waals surface area contributed by atoms with E-state index in [1.807, 2.05) is 12.1 Å². The van der Waals surface area contributed by atoms with Crippen LogP contribution in [-0.2, 0) is 27.4 Å². The van der Waals surface area contributed by atoms with Gasteiger partial charge in [-0.05, 0) is 11.1 Å². The van der Waals surface area contributed by atoms with Gasteiger partial charge >= 0.3 is 12.1 Å². The lowest BCUT2D eigenvalue weighted by molar-refractivity contribution is -0.141. The first kappa shape index (κ1) is 18.2. The molecular formula is C19H19NO5. The van der Waals surface area contributed by atoms with Crippen molar-refractivity contribution >= 4 is 17.8 Å². The minimum Gasteiger partial charge on any atom is -0.480 e. The van der Waals surface area contributed by atoms with Crippen LogP contribution >= 0.6 is 0 Å². The molecule has 0 saturated carbocycles. The molecule has 2 aromatic rings.